The number of rotatable bonds is 2. The number of aliphatic hydroxyl groups is 2. The molecule has 0 aromatic carbocycles. The zero-order chi connectivity index (χ0) is 12.8. The molecular formula is C11H18O6. The van der Waals surface area contributed by atoms with Crippen LogP contribution in [0, 0.1) is 0 Å². The highest BCUT2D eigenvalue weighted by atomic mass is 16.7. The first-order valence-electron chi connectivity index (χ1n) is 5.38. The number of ether oxygens (including phenoxy) is 3. The lowest BCUT2D eigenvalue weighted by molar-refractivity contribution is -0.0542. The molecule has 98 valence electrons. The zero-order valence-corrected chi connectivity index (χ0v) is 9.91. The molecule has 0 amide bonds. The fourth-order valence-electron chi connectivity index (χ4n) is 1.71. The Hall–Kier alpha value is -1.11. The van der Waals surface area contributed by atoms with Gasteiger partial charge in [-0.05, 0) is 6.08 Å². The Kier molecular flexibility index (Phi) is 5.40. The molecule has 0 heterocycles. The van der Waals surface area contributed by atoms with E-state index in [1.807, 2.05) is 0 Å². The number of hydrogen-bond acceptors (Lipinski definition) is 6. The van der Waals surface area contributed by atoms with Crippen molar-refractivity contribution in [2.75, 3.05) is 14.2 Å². The fourth-order valence-corrected chi connectivity index (χ4v) is 1.71. The predicted molar refractivity (Wildman–Crippen MR) is 58.5 cm³/mol. The maximum absolute atomic E-state index is 11.0. The van der Waals surface area contributed by atoms with E-state index in [-0.39, 0.29) is 6.42 Å². The van der Waals surface area contributed by atoms with Crippen LogP contribution in [0.15, 0.2) is 12.2 Å². The van der Waals surface area contributed by atoms with Gasteiger partial charge in [0.25, 0.3) is 0 Å². The summed E-state index contributed by atoms with van der Waals surface area (Å²) in [4.78, 5) is 11.0. The second-order valence-corrected chi connectivity index (χ2v) is 3.88. The van der Waals surface area contributed by atoms with E-state index in [9.17, 15) is 15.0 Å². The van der Waals surface area contributed by atoms with Crippen LogP contribution < -0.4 is 0 Å². The summed E-state index contributed by atoms with van der Waals surface area (Å²) in [5.41, 5.74) is 0. The molecule has 0 fully saturated rings. The summed E-state index contributed by atoms with van der Waals surface area (Å²) in [5, 5.41) is 19.4. The second-order valence-electron chi connectivity index (χ2n) is 3.88. The van der Waals surface area contributed by atoms with Crippen LogP contribution in [-0.4, -0.2) is 55.0 Å². The number of methoxy groups -OCH3 is 2. The van der Waals surface area contributed by atoms with Crippen molar-refractivity contribution in [2.24, 2.45) is 0 Å². The summed E-state index contributed by atoms with van der Waals surface area (Å²) in [6, 6.07) is 0. The summed E-state index contributed by atoms with van der Waals surface area (Å²) in [5.74, 6) is 0. The standard InChI is InChI=1S/C11H18O6/c1-15-10-5-7(12)3-4-8(6-9(10)13)17-11(14)16-2/h3-4,7-10,12-13H,5-6H2,1-2H3/b4-3+. The van der Waals surface area contributed by atoms with Crippen molar-refractivity contribution in [1.82, 2.24) is 0 Å². The molecule has 1 rings (SSSR count). The van der Waals surface area contributed by atoms with E-state index in [1.165, 1.54) is 26.4 Å². The molecule has 0 saturated heterocycles. The number of aliphatic hydroxyl groups excluding tert-OH is 2. The van der Waals surface area contributed by atoms with Crippen LogP contribution >= 0.6 is 0 Å². The SMILES string of the molecule is COC(=O)OC1/C=C/C(O)CC(OC)C(O)C1. The predicted octanol–water partition coefficient (Wildman–Crippen LogP) is 0.225. The Labute approximate surface area is 99.8 Å². The van der Waals surface area contributed by atoms with Crippen LogP contribution in [0.2, 0.25) is 0 Å². The van der Waals surface area contributed by atoms with Gasteiger partial charge in [0.05, 0.1) is 25.4 Å². The molecule has 1 aliphatic carbocycles. The molecule has 6 nitrogen and oxygen atoms in total. The van der Waals surface area contributed by atoms with Gasteiger partial charge in [0.1, 0.15) is 6.10 Å². The largest absolute Gasteiger partial charge is 0.508 e. The van der Waals surface area contributed by atoms with Crippen molar-refractivity contribution in [1.29, 1.82) is 0 Å². The molecule has 0 bridgehead atoms. The summed E-state index contributed by atoms with van der Waals surface area (Å²) in [6.07, 6.45) is 0.0746. The minimum Gasteiger partial charge on any atom is -0.438 e. The summed E-state index contributed by atoms with van der Waals surface area (Å²) < 4.78 is 14.4. The molecule has 0 aromatic rings. The first-order valence-corrected chi connectivity index (χ1v) is 5.38. The lowest BCUT2D eigenvalue weighted by Crippen LogP contribution is -2.36. The highest BCUT2D eigenvalue weighted by Gasteiger charge is 2.27. The molecule has 1 aliphatic rings. The smallest absolute Gasteiger partial charge is 0.438 e. The number of carbonyl (C=O) groups excluding carboxylic acids is 1. The van der Waals surface area contributed by atoms with Crippen LogP contribution in [0.3, 0.4) is 0 Å². The fraction of sp³-hybridized carbons (Fsp3) is 0.727. The Balaban J connectivity index is 2.68. The quantitative estimate of drug-likeness (QED) is 0.535. The van der Waals surface area contributed by atoms with E-state index < -0.39 is 30.6 Å². The third-order valence-corrected chi connectivity index (χ3v) is 2.64. The normalized spacial score (nSPS) is 35.5. The average molecular weight is 246 g/mol. The molecule has 0 aliphatic heterocycles. The molecule has 2 N–H and O–H groups in total. The third kappa shape index (κ3) is 4.33. The van der Waals surface area contributed by atoms with E-state index in [0.717, 1.165) is 0 Å². The molecule has 0 spiro atoms. The van der Waals surface area contributed by atoms with Crippen molar-refractivity contribution in [3.63, 3.8) is 0 Å². The number of hydrogen-bond donors (Lipinski definition) is 2. The van der Waals surface area contributed by atoms with E-state index in [2.05, 4.69) is 4.74 Å². The van der Waals surface area contributed by atoms with E-state index >= 15 is 0 Å². The molecule has 0 radical (unpaired) electrons. The maximum atomic E-state index is 11.0. The van der Waals surface area contributed by atoms with Crippen LogP contribution in [0.1, 0.15) is 12.8 Å². The van der Waals surface area contributed by atoms with Crippen molar-refractivity contribution in [2.45, 2.75) is 37.3 Å². The minimum atomic E-state index is -0.823. The summed E-state index contributed by atoms with van der Waals surface area (Å²) in [7, 11) is 2.67. The molecule has 0 saturated carbocycles. The van der Waals surface area contributed by atoms with Crippen molar-refractivity contribution in [3.05, 3.63) is 12.2 Å². The molecule has 17 heavy (non-hydrogen) atoms. The van der Waals surface area contributed by atoms with Gasteiger partial charge < -0.3 is 24.4 Å². The first-order chi connectivity index (χ1) is 8.06. The Morgan fingerprint density at radius 3 is 2.53 bits per heavy atom. The van der Waals surface area contributed by atoms with Crippen LogP contribution in [-0.2, 0) is 14.2 Å². The van der Waals surface area contributed by atoms with Crippen LogP contribution in [0.4, 0.5) is 4.79 Å². The second kappa shape index (κ2) is 6.58. The van der Waals surface area contributed by atoms with Gasteiger partial charge in [-0.15, -0.1) is 0 Å². The van der Waals surface area contributed by atoms with Gasteiger partial charge in [-0.25, -0.2) is 4.79 Å². The highest BCUT2D eigenvalue weighted by molar-refractivity contribution is 5.60. The van der Waals surface area contributed by atoms with E-state index in [1.54, 1.807) is 0 Å². The Morgan fingerprint density at radius 2 is 1.94 bits per heavy atom. The third-order valence-electron chi connectivity index (χ3n) is 2.64. The monoisotopic (exact) mass is 246 g/mol. The molecule has 6 heteroatoms. The minimum absolute atomic E-state index is 0.205. The van der Waals surface area contributed by atoms with Crippen LogP contribution in [0.25, 0.3) is 0 Å². The Morgan fingerprint density at radius 1 is 1.24 bits per heavy atom. The van der Waals surface area contributed by atoms with Gasteiger partial charge in [-0.2, -0.15) is 0 Å². The Bertz CT molecular complexity index is 277. The first kappa shape index (κ1) is 14.0. The topological polar surface area (TPSA) is 85.2 Å². The lowest BCUT2D eigenvalue weighted by Gasteiger charge is -2.27. The molecule has 4 atom stereocenters. The van der Waals surface area contributed by atoms with E-state index in [0.29, 0.717) is 6.42 Å². The van der Waals surface area contributed by atoms with Crippen LogP contribution in [0.5, 0.6) is 0 Å². The molecular weight excluding hydrogens is 228 g/mol. The molecule has 4 unspecified atom stereocenters. The van der Waals surface area contributed by atoms with Gasteiger partial charge in [0.2, 0.25) is 0 Å². The summed E-state index contributed by atoms with van der Waals surface area (Å²) in [6.45, 7) is 0. The van der Waals surface area contributed by atoms with E-state index in [4.69, 9.17) is 9.47 Å². The number of carbonyl (C=O) groups is 1. The zero-order valence-electron chi connectivity index (χ0n) is 9.91. The van der Waals surface area contributed by atoms with Crippen molar-refractivity contribution >= 4 is 6.16 Å². The van der Waals surface area contributed by atoms with Crippen molar-refractivity contribution < 1.29 is 29.2 Å². The highest BCUT2D eigenvalue weighted by Crippen LogP contribution is 2.18. The molecule has 0 aromatic heterocycles. The summed E-state index contributed by atoms with van der Waals surface area (Å²) >= 11 is 0. The van der Waals surface area contributed by atoms with Gasteiger partial charge in [-0.3, -0.25) is 0 Å². The van der Waals surface area contributed by atoms with Gasteiger partial charge in [0.15, 0.2) is 0 Å². The van der Waals surface area contributed by atoms with Gasteiger partial charge in [-0.1, -0.05) is 6.08 Å². The maximum Gasteiger partial charge on any atom is 0.508 e. The average Bonchev–Trinajstić information content (AvgIpc) is 2.30. The van der Waals surface area contributed by atoms with Gasteiger partial charge >= 0.3 is 6.16 Å². The lowest BCUT2D eigenvalue weighted by atomic mass is 9.97. The van der Waals surface area contributed by atoms with Crippen molar-refractivity contribution in [3.8, 4) is 0 Å². The van der Waals surface area contributed by atoms with Gasteiger partial charge in [0, 0.05) is 20.0 Å².